The molecule has 4 heteroatoms. The fraction of sp³-hybridized carbons (Fsp3) is 0.133. The molecule has 0 bridgehead atoms. The maximum atomic E-state index is 11.8. The maximum absolute atomic E-state index is 11.8. The van der Waals surface area contributed by atoms with Gasteiger partial charge in [-0.25, -0.2) is 0 Å². The number of nitrogens with zero attached hydrogens (tertiary/aromatic N) is 2. The van der Waals surface area contributed by atoms with Gasteiger partial charge in [-0.1, -0.05) is 18.2 Å². The van der Waals surface area contributed by atoms with Gasteiger partial charge in [0.15, 0.2) is 0 Å². The minimum atomic E-state index is -0.224. The van der Waals surface area contributed by atoms with Crippen LogP contribution in [0.2, 0.25) is 0 Å². The average Bonchev–Trinajstić information content (AvgIpc) is 2.66. The summed E-state index contributed by atoms with van der Waals surface area (Å²) in [5.74, 6) is -0.386. The zero-order valence-electron chi connectivity index (χ0n) is 10.5. The summed E-state index contributed by atoms with van der Waals surface area (Å²) in [6.45, 7) is 0. The van der Waals surface area contributed by atoms with E-state index >= 15 is 0 Å². The fourth-order valence-corrected chi connectivity index (χ4v) is 2.17. The summed E-state index contributed by atoms with van der Waals surface area (Å²) in [4.78, 5) is 28.7. The molecule has 0 radical (unpaired) electrons. The number of amides is 2. The second kappa shape index (κ2) is 4.31. The van der Waals surface area contributed by atoms with Crippen LogP contribution in [0.15, 0.2) is 42.1 Å². The van der Waals surface area contributed by atoms with Crippen molar-refractivity contribution in [2.75, 3.05) is 7.05 Å². The van der Waals surface area contributed by atoms with E-state index in [-0.39, 0.29) is 18.2 Å². The van der Waals surface area contributed by atoms with E-state index in [2.05, 4.69) is 4.98 Å². The van der Waals surface area contributed by atoms with E-state index in [4.69, 9.17) is 0 Å². The van der Waals surface area contributed by atoms with Gasteiger partial charge < -0.3 is 0 Å². The number of pyridine rings is 1. The molecule has 2 aromatic rings. The van der Waals surface area contributed by atoms with Crippen LogP contribution in [0, 0.1) is 0 Å². The summed E-state index contributed by atoms with van der Waals surface area (Å²) in [5, 5.41) is 1.02. The highest BCUT2D eigenvalue weighted by molar-refractivity contribution is 6.15. The molecule has 1 fully saturated rings. The minimum absolute atomic E-state index is 0.162. The predicted octanol–water partition coefficient (Wildman–Crippen LogP) is 2.01. The summed E-state index contributed by atoms with van der Waals surface area (Å²) in [7, 11) is 1.50. The molecule has 2 heterocycles. The van der Waals surface area contributed by atoms with Crippen LogP contribution in [0.4, 0.5) is 0 Å². The first-order valence-corrected chi connectivity index (χ1v) is 6.01. The van der Waals surface area contributed by atoms with E-state index in [1.54, 1.807) is 12.3 Å². The lowest BCUT2D eigenvalue weighted by Gasteiger charge is -2.03. The van der Waals surface area contributed by atoms with Crippen molar-refractivity contribution in [2.45, 2.75) is 6.42 Å². The molecule has 0 unspecified atom stereocenters. The molecule has 1 aromatic heterocycles. The quantitative estimate of drug-likeness (QED) is 0.576. The summed E-state index contributed by atoms with van der Waals surface area (Å²) in [6.07, 6.45) is 3.62. The van der Waals surface area contributed by atoms with Gasteiger partial charge >= 0.3 is 0 Å². The Morgan fingerprint density at radius 2 is 2.05 bits per heavy atom. The number of aromatic nitrogens is 1. The highest BCUT2D eigenvalue weighted by Crippen LogP contribution is 2.21. The van der Waals surface area contributed by atoms with E-state index in [1.165, 1.54) is 7.05 Å². The standard InChI is InChI=1S/C15H12N2O2/c1-17-14(18)8-12(15(17)19)7-10-6-11-4-2-3-5-13(11)16-9-10/h2-7,9H,8H2,1H3/b12-7+. The molecule has 4 nitrogen and oxygen atoms in total. The summed E-state index contributed by atoms with van der Waals surface area (Å²) in [5.41, 5.74) is 2.27. The number of likely N-dealkylation sites (N-methyl/N-ethyl adjacent to an activating group) is 1. The van der Waals surface area contributed by atoms with Crippen molar-refractivity contribution >= 4 is 28.8 Å². The van der Waals surface area contributed by atoms with Crippen LogP contribution in [-0.2, 0) is 9.59 Å². The van der Waals surface area contributed by atoms with E-state index in [9.17, 15) is 9.59 Å². The first kappa shape index (κ1) is 11.6. The van der Waals surface area contributed by atoms with E-state index in [0.717, 1.165) is 21.4 Å². The van der Waals surface area contributed by atoms with Crippen molar-refractivity contribution in [2.24, 2.45) is 0 Å². The molecule has 2 amide bonds. The van der Waals surface area contributed by atoms with Crippen molar-refractivity contribution in [3.05, 3.63) is 47.7 Å². The Kier molecular flexibility index (Phi) is 2.63. The van der Waals surface area contributed by atoms with Gasteiger partial charge in [0.25, 0.3) is 5.91 Å². The number of rotatable bonds is 1. The molecule has 0 atom stereocenters. The van der Waals surface area contributed by atoms with Gasteiger partial charge in [-0.2, -0.15) is 0 Å². The van der Waals surface area contributed by atoms with Crippen molar-refractivity contribution in [3.8, 4) is 0 Å². The molecule has 0 spiro atoms. The molecule has 0 N–H and O–H groups in total. The van der Waals surface area contributed by atoms with E-state index in [1.807, 2.05) is 30.3 Å². The Balaban J connectivity index is 2.02. The number of hydrogen-bond acceptors (Lipinski definition) is 3. The van der Waals surface area contributed by atoms with Crippen molar-refractivity contribution < 1.29 is 9.59 Å². The van der Waals surface area contributed by atoms with Crippen LogP contribution in [0.1, 0.15) is 12.0 Å². The third kappa shape index (κ3) is 2.01. The molecule has 0 saturated carbocycles. The number of hydrogen-bond donors (Lipinski definition) is 0. The topological polar surface area (TPSA) is 50.3 Å². The average molecular weight is 252 g/mol. The Labute approximate surface area is 110 Å². The Morgan fingerprint density at radius 3 is 2.79 bits per heavy atom. The number of para-hydroxylation sites is 1. The first-order chi connectivity index (χ1) is 9.15. The van der Waals surface area contributed by atoms with Gasteiger partial charge in [0.1, 0.15) is 0 Å². The van der Waals surface area contributed by atoms with Crippen molar-refractivity contribution in [1.29, 1.82) is 0 Å². The van der Waals surface area contributed by atoms with Gasteiger partial charge in [0.05, 0.1) is 11.9 Å². The lowest BCUT2D eigenvalue weighted by molar-refractivity contribution is -0.135. The second-order valence-corrected chi connectivity index (χ2v) is 4.57. The molecule has 19 heavy (non-hydrogen) atoms. The monoisotopic (exact) mass is 252 g/mol. The minimum Gasteiger partial charge on any atom is -0.282 e. The Hall–Kier alpha value is -2.49. The normalized spacial score (nSPS) is 17.7. The summed E-state index contributed by atoms with van der Waals surface area (Å²) < 4.78 is 0. The van der Waals surface area contributed by atoms with Gasteiger partial charge in [-0.05, 0) is 23.8 Å². The second-order valence-electron chi connectivity index (χ2n) is 4.57. The van der Waals surface area contributed by atoms with Gasteiger partial charge in [0, 0.05) is 24.2 Å². The lowest BCUT2D eigenvalue weighted by atomic mass is 10.1. The number of imide groups is 1. The van der Waals surface area contributed by atoms with Crippen LogP contribution in [-0.4, -0.2) is 28.7 Å². The zero-order chi connectivity index (χ0) is 13.4. The highest BCUT2D eigenvalue weighted by Gasteiger charge is 2.30. The van der Waals surface area contributed by atoms with Gasteiger partial charge in [-0.3, -0.25) is 19.5 Å². The number of carbonyl (C=O) groups is 2. The van der Waals surface area contributed by atoms with E-state index in [0.29, 0.717) is 5.57 Å². The van der Waals surface area contributed by atoms with E-state index < -0.39 is 0 Å². The van der Waals surface area contributed by atoms with Crippen LogP contribution < -0.4 is 0 Å². The lowest BCUT2D eigenvalue weighted by Crippen LogP contribution is -2.23. The summed E-state index contributed by atoms with van der Waals surface area (Å²) >= 11 is 0. The highest BCUT2D eigenvalue weighted by atomic mass is 16.2. The van der Waals surface area contributed by atoms with Gasteiger partial charge in [-0.15, -0.1) is 0 Å². The van der Waals surface area contributed by atoms with Crippen molar-refractivity contribution in [3.63, 3.8) is 0 Å². The van der Waals surface area contributed by atoms with Crippen LogP contribution in [0.3, 0.4) is 0 Å². The molecule has 3 rings (SSSR count). The summed E-state index contributed by atoms with van der Waals surface area (Å²) in [6, 6.07) is 9.74. The third-order valence-electron chi connectivity index (χ3n) is 3.25. The fourth-order valence-electron chi connectivity index (χ4n) is 2.17. The third-order valence-corrected chi connectivity index (χ3v) is 3.25. The number of carbonyl (C=O) groups excluding carboxylic acids is 2. The largest absolute Gasteiger partial charge is 0.282 e. The van der Waals surface area contributed by atoms with Crippen LogP contribution in [0.5, 0.6) is 0 Å². The number of fused-ring (bicyclic) bond motifs is 1. The number of benzene rings is 1. The molecular weight excluding hydrogens is 240 g/mol. The zero-order valence-corrected chi connectivity index (χ0v) is 10.5. The number of likely N-dealkylation sites (tertiary alicyclic amines) is 1. The molecule has 1 aliphatic heterocycles. The molecule has 1 aliphatic rings. The molecule has 94 valence electrons. The first-order valence-electron chi connectivity index (χ1n) is 6.01. The molecular formula is C15H12N2O2. The van der Waals surface area contributed by atoms with Gasteiger partial charge in [0.2, 0.25) is 5.91 Å². The smallest absolute Gasteiger partial charge is 0.256 e. The Bertz CT molecular complexity index is 719. The molecule has 1 aromatic carbocycles. The van der Waals surface area contributed by atoms with Crippen LogP contribution in [0.25, 0.3) is 17.0 Å². The maximum Gasteiger partial charge on any atom is 0.256 e. The SMILES string of the molecule is CN1C(=O)C/C(=C\c2cnc3ccccc3c2)C1=O. The molecule has 0 aliphatic carbocycles. The van der Waals surface area contributed by atoms with Crippen LogP contribution >= 0.6 is 0 Å². The Morgan fingerprint density at radius 1 is 1.26 bits per heavy atom. The molecule has 1 saturated heterocycles. The van der Waals surface area contributed by atoms with Crippen molar-refractivity contribution in [1.82, 2.24) is 9.88 Å². The predicted molar refractivity (Wildman–Crippen MR) is 72.1 cm³/mol.